The van der Waals surface area contributed by atoms with Crippen LogP contribution in [0, 0.1) is 0 Å². The fraction of sp³-hybridized carbons (Fsp3) is 0.200. The Labute approximate surface area is 112 Å². The molecule has 4 nitrogen and oxygen atoms in total. The molecule has 0 heterocycles. The Morgan fingerprint density at radius 3 is 2.05 bits per heavy atom. The number of ether oxygens (including phenoxy) is 3. The molecule has 100 valence electrons. The van der Waals surface area contributed by atoms with Gasteiger partial charge in [0.1, 0.15) is 17.2 Å². The smallest absolute Gasteiger partial charge is 0.141 e. The first-order valence-electron chi connectivity index (χ1n) is 5.85. The summed E-state index contributed by atoms with van der Waals surface area (Å²) in [4.78, 5) is 0. The van der Waals surface area contributed by atoms with Gasteiger partial charge in [-0.3, -0.25) is 0 Å². The Morgan fingerprint density at radius 1 is 0.789 bits per heavy atom. The molecular formula is C15H17NO3. The molecule has 2 aromatic carbocycles. The van der Waals surface area contributed by atoms with E-state index < -0.39 is 0 Å². The van der Waals surface area contributed by atoms with E-state index >= 15 is 0 Å². The van der Waals surface area contributed by atoms with E-state index in [4.69, 9.17) is 19.9 Å². The van der Waals surface area contributed by atoms with Crippen LogP contribution in [0.2, 0.25) is 0 Å². The first-order valence-corrected chi connectivity index (χ1v) is 5.85. The van der Waals surface area contributed by atoms with Gasteiger partial charge in [-0.15, -0.1) is 0 Å². The van der Waals surface area contributed by atoms with Gasteiger partial charge in [-0.1, -0.05) is 6.07 Å². The van der Waals surface area contributed by atoms with E-state index in [1.807, 2.05) is 36.4 Å². The topological polar surface area (TPSA) is 53.7 Å². The lowest BCUT2D eigenvalue weighted by atomic mass is 10.0. The number of anilines is 1. The molecule has 0 saturated carbocycles. The lowest BCUT2D eigenvalue weighted by Crippen LogP contribution is -1.94. The molecule has 19 heavy (non-hydrogen) atoms. The van der Waals surface area contributed by atoms with Gasteiger partial charge in [0.25, 0.3) is 0 Å². The summed E-state index contributed by atoms with van der Waals surface area (Å²) < 4.78 is 15.8. The molecule has 2 rings (SSSR count). The van der Waals surface area contributed by atoms with Crippen molar-refractivity contribution < 1.29 is 14.2 Å². The van der Waals surface area contributed by atoms with Crippen LogP contribution < -0.4 is 19.9 Å². The van der Waals surface area contributed by atoms with E-state index in [1.54, 1.807) is 21.3 Å². The quantitative estimate of drug-likeness (QED) is 0.858. The van der Waals surface area contributed by atoms with Crippen molar-refractivity contribution in [3.8, 4) is 28.4 Å². The van der Waals surface area contributed by atoms with Crippen molar-refractivity contribution in [3.05, 3.63) is 36.4 Å². The van der Waals surface area contributed by atoms with Crippen LogP contribution in [-0.4, -0.2) is 21.3 Å². The van der Waals surface area contributed by atoms with Gasteiger partial charge in [-0.2, -0.15) is 0 Å². The maximum absolute atomic E-state index is 5.93. The fourth-order valence-corrected chi connectivity index (χ4v) is 1.94. The first-order chi connectivity index (χ1) is 9.19. The first kappa shape index (κ1) is 13.1. The molecule has 0 spiro atoms. The summed E-state index contributed by atoms with van der Waals surface area (Å²) in [7, 11) is 4.86. The normalized spacial score (nSPS) is 10.1. The predicted molar refractivity (Wildman–Crippen MR) is 75.9 cm³/mol. The van der Waals surface area contributed by atoms with E-state index in [2.05, 4.69) is 0 Å². The molecular weight excluding hydrogens is 242 g/mol. The van der Waals surface area contributed by atoms with E-state index in [1.165, 1.54) is 0 Å². The highest BCUT2D eigenvalue weighted by molar-refractivity contribution is 5.76. The highest BCUT2D eigenvalue weighted by Gasteiger charge is 2.09. The minimum Gasteiger partial charge on any atom is -0.497 e. The Kier molecular flexibility index (Phi) is 3.80. The van der Waals surface area contributed by atoms with Gasteiger partial charge in [0.15, 0.2) is 0 Å². The lowest BCUT2D eigenvalue weighted by molar-refractivity contribution is 0.404. The number of benzene rings is 2. The molecule has 0 aromatic heterocycles. The molecule has 0 aliphatic rings. The van der Waals surface area contributed by atoms with Crippen LogP contribution in [0.4, 0.5) is 5.69 Å². The van der Waals surface area contributed by atoms with Crippen LogP contribution in [0.15, 0.2) is 36.4 Å². The Hall–Kier alpha value is -2.36. The Bertz CT molecular complexity index is 582. The third-order valence-electron chi connectivity index (χ3n) is 2.95. The summed E-state index contributed by atoms with van der Waals surface area (Å²) in [5, 5.41) is 0. The summed E-state index contributed by atoms with van der Waals surface area (Å²) >= 11 is 0. The Balaban J connectivity index is 2.53. The van der Waals surface area contributed by atoms with Gasteiger partial charge in [0, 0.05) is 5.56 Å². The zero-order valence-corrected chi connectivity index (χ0v) is 11.3. The van der Waals surface area contributed by atoms with Crippen molar-refractivity contribution in [2.24, 2.45) is 0 Å². The molecule has 0 bridgehead atoms. The van der Waals surface area contributed by atoms with Gasteiger partial charge in [-0.05, 0) is 35.9 Å². The average molecular weight is 259 g/mol. The largest absolute Gasteiger partial charge is 0.497 e. The van der Waals surface area contributed by atoms with Crippen molar-refractivity contribution in [2.75, 3.05) is 27.1 Å². The van der Waals surface area contributed by atoms with Gasteiger partial charge in [0.2, 0.25) is 0 Å². The zero-order chi connectivity index (χ0) is 13.8. The molecule has 0 unspecified atom stereocenters. The summed E-state index contributed by atoms with van der Waals surface area (Å²) in [5.74, 6) is 2.20. The van der Waals surface area contributed by atoms with Gasteiger partial charge in [0.05, 0.1) is 27.0 Å². The third kappa shape index (κ3) is 2.57. The van der Waals surface area contributed by atoms with Crippen LogP contribution in [-0.2, 0) is 0 Å². The van der Waals surface area contributed by atoms with E-state index in [0.29, 0.717) is 11.4 Å². The predicted octanol–water partition coefficient (Wildman–Crippen LogP) is 2.96. The van der Waals surface area contributed by atoms with E-state index in [0.717, 1.165) is 22.6 Å². The maximum atomic E-state index is 5.93. The maximum Gasteiger partial charge on any atom is 0.141 e. The molecule has 2 N–H and O–H groups in total. The summed E-state index contributed by atoms with van der Waals surface area (Å²) in [6.07, 6.45) is 0. The molecule has 2 aromatic rings. The molecule has 0 fully saturated rings. The molecule has 4 heteroatoms. The second kappa shape index (κ2) is 5.52. The summed E-state index contributed by atoms with van der Waals surface area (Å²) in [6.45, 7) is 0. The molecule has 0 amide bonds. The molecule has 0 aliphatic carbocycles. The second-order valence-corrected chi connectivity index (χ2v) is 4.02. The van der Waals surface area contributed by atoms with Gasteiger partial charge >= 0.3 is 0 Å². The van der Waals surface area contributed by atoms with Crippen molar-refractivity contribution in [1.29, 1.82) is 0 Å². The number of nitrogen functional groups attached to an aromatic ring is 1. The minimum absolute atomic E-state index is 0.588. The van der Waals surface area contributed by atoms with Crippen molar-refractivity contribution in [1.82, 2.24) is 0 Å². The minimum atomic E-state index is 0.588. The van der Waals surface area contributed by atoms with Gasteiger partial charge in [-0.25, -0.2) is 0 Å². The van der Waals surface area contributed by atoms with Crippen molar-refractivity contribution in [3.63, 3.8) is 0 Å². The van der Waals surface area contributed by atoms with Crippen LogP contribution in [0.1, 0.15) is 0 Å². The summed E-state index contributed by atoms with van der Waals surface area (Å²) in [6, 6.07) is 11.3. The van der Waals surface area contributed by atoms with Crippen LogP contribution in [0.25, 0.3) is 11.1 Å². The summed E-state index contributed by atoms with van der Waals surface area (Å²) in [5.41, 5.74) is 8.40. The molecule has 0 radical (unpaired) electrons. The van der Waals surface area contributed by atoms with E-state index in [-0.39, 0.29) is 0 Å². The highest BCUT2D eigenvalue weighted by Crippen LogP contribution is 2.36. The number of rotatable bonds is 4. The van der Waals surface area contributed by atoms with Crippen LogP contribution in [0.3, 0.4) is 0 Å². The number of methoxy groups -OCH3 is 3. The van der Waals surface area contributed by atoms with Crippen LogP contribution >= 0.6 is 0 Å². The molecule has 0 saturated heterocycles. The third-order valence-corrected chi connectivity index (χ3v) is 2.95. The van der Waals surface area contributed by atoms with Crippen molar-refractivity contribution >= 4 is 5.69 Å². The average Bonchev–Trinajstić information content (AvgIpc) is 2.46. The SMILES string of the molecule is COc1ccc(OC)c(-c2ccc(OC)c(N)c2)c1. The molecule has 0 aliphatic heterocycles. The van der Waals surface area contributed by atoms with Crippen LogP contribution in [0.5, 0.6) is 17.2 Å². The second-order valence-electron chi connectivity index (χ2n) is 4.02. The Morgan fingerprint density at radius 2 is 1.47 bits per heavy atom. The fourth-order valence-electron chi connectivity index (χ4n) is 1.94. The van der Waals surface area contributed by atoms with Crippen molar-refractivity contribution in [2.45, 2.75) is 0 Å². The molecule has 0 atom stereocenters. The standard InChI is InChI=1S/C15H17NO3/c1-17-11-5-7-14(18-2)12(9-11)10-4-6-15(19-3)13(16)8-10/h4-9H,16H2,1-3H3. The highest BCUT2D eigenvalue weighted by atomic mass is 16.5. The number of nitrogens with two attached hydrogens (primary N) is 1. The number of hydrogen-bond acceptors (Lipinski definition) is 4. The van der Waals surface area contributed by atoms with Gasteiger partial charge < -0.3 is 19.9 Å². The monoisotopic (exact) mass is 259 g/mol. The lowest BCUT2D eigenvalue weighted by Gasteiger charge is -2.12. The zero-order valence-electron chi connectivity index (χ0n) is 11.3. The van der Waals surface area contributed by atoms with E-state index in [9.17, 15) is 0 Å². The number of hydrogen-bond donors (Lipinski definition) is 1.